The number of hydrogen-bond acceptors (Lipinski definition) is 6. The molecule has 7 nitrogen and oxygen atoms in total. The first-order valence-electron chi connectivity index (χ1n) is 8.88. The Labute approximate surface area is 164 Å². The summed E-state index contributed by atoms with van der Waals surface area (Å²) in [6.45, 7) is 1.19. The van der Waals surface area contributed by atoms with Crippen LogP contribution in [-0.4, -0.2) is 52.3 Å². The van der Waals surface area contributed by atoms with Gasteiger partial charge in [-0.15, -0.1) is 0 Å². The lowest BCUT2D eigenvalue weighted by Crippen LogP contribution is -2.28. The summed E-state index contributed by atoms with van der Waals surface area (Å²) in [6.07, 6.45) is -0.1000. The van der Waals surface area contributed by atoms with E-state index in [0.717, 1.165) is 5.56 Å². The lowest BCUT2D eigenvalue weighted by Gasteiger charge is -2.19. The van der Waals surface area contributed by atoms with E-state index in [1.54, 1.807) is 20.2 Å². The van der Waals surface area contributed by atoms with Crippen LogP contribution >= 0.6 is 0 Å². The summed E-state index contributed by atoms with van der Waals surface area (Å²) in [4.78, 5) is 14.0. The highest BCUT2D eigenvalue weighted by Gasteiger charge is 2.21. The Morgan fingerprint density at radius 1 is 1.11 bits per heavy atom. The maximum atomic E-state index is 12.6. The molecule has 0 aliphatic carbocycles. The molecule has 0 saturated carbocycles. The summed E-state index contributed by atoms with van der Waals surface area (Å²) >= 11 is 0. The van der Waals surface area contributed by atoms with Crippen molar-refractivity contribution in [3.63, 3.8) is 0 Å². The number of ether oxygens (including phenoxy) is 3. The van der Waals surface area contributed by atoms with Gasteiger partial charge in [0.15, 0.2) is 21.3 Å². The van der Waals surface area contributed by atoms with Crippen LogP contribution in [0.15, 0.2) is 47.4 Å². The maximum Gasteiger partial charge on any atom is 0.223 e. The molecule has 0 unspecified atom stereocenters. The largest absolute Gasteiger partial charge is 0.497 e. The standard InChI is InChI=1S/C20H23NO6S/c1-21(14-15-4-3-5-16(12-15)25-2)20(22)8-11-28(23,24)17-6-7-18-19(13-17)27-10-9-26-18/h3-7,12-13H,8-11,14H2,1-2H3. The van der Waals surface area contributed by atoms with Crippen LogP contribution in [0.4, 0.5) is 0 Å². The second-order valence-electron chi connectivity index (χ2n) is 6.48. The summed E-state index contributed by atoms with van der Waals surface area (Å²) in [5, 5.41) is 0. The van der Waals surface area contributed by atoms with Crippen molar-refractivity contribution >= 4 is 15.7 Å². The van der Waals surface area contributed by atoms with Crippen LogP contribution in [0.5, 0.6) is 17.2 Å². The summed E-state index contributed by atoms with van der Waals surface area (Å²) in [7, 11) is -0.378. The normalized spacial score (nSPS) is 13.1. The molecule has 8 heteroatoms. The molecular formula is C20H23NO6S. The van der Waals surface area contributed by atoms with Crippen LogP contribution in [0.3, 0.4) is 0 Å². The Hall–Kier alpha value is -2.74. The molecule has 2 aromatic rings. The molecule has 1 amide bonds. The van der Waals surface area contributed by atoms with Crippen LogP contribution in [0, 0.1) is 0 Å². The monoisotopic (exact) mass is 405 g/mol. The Morgan fingerprint density at radius 3 is 2.61 bits per heavy atom. The first kappa shape index (κ1) is 20.0. The zero-order chi connectivity index (χ0) is 20.1. The molecule has 0 bridgehead atoms. The molecule has 1 heterocycles. The van der Waals surface area contributed by atoms with Crippen molar-refractivity contribution in [2.45, 2.75) is 17.9 Å². The molecule has 0 spiro atoms. The predicted molar refractivity (Wildman–Crippen MR) is 104 cm³/mol. The molecule has 28 heavy (non-hydrogen) atoms. The third-order valence-electron chi connectivity index (χ3n) is 4.44. The molecule has 150 valence electrons. The van der Waals surface area contributed by atoms with Gasteiger partial charge in [0.05, 0.1) is 17.8 Å². The van der Waals surface area contributed by atoms with Crippen LogP contribution in [0.2, 0.25) is 0 Å². The topological polar surface area (TPSA) is 82.1 Å². The third-order valence-corrected chi connectivity index (χ3v) is 6.15. The predicted octanol–water partition coefficient (Wildman–Crippen LogP) is 2.29. The van der Waals surface area contributed by atoms with Gasteiger partial charge in [-0.3, -0.25) is 4.79 Å². The van der Waals surface area contributed by atoms with Crippen molar-refractivity contribution in [2.75, 3.05) is 33.1 Å². The van der Waals surface area contributed by atoms with E-state index in [-0.39, 0.29) is 23.0 Å². The molecule has 1 aliphatic heterocycles. The zero-order valence-electron chi connectivity index (χ0n) is 15.9. The van der Waals surface area contributed by atoms with Crippen molar-refractivity contribution in [1.29, 1.82) is 0 Å². The maximum absolute atomic E-state index is 12.6. The molecule has 0 N–H and O–H groups in total. The fraction of sp³-hybridized carbons (Fsp3) is 0.350. The van der Waals surface area contributed by atoms with Gasteiger partial charge in [0.1, 0.15) is 19.0 Å². The molecule has 3 rings (SSSR count). The van der Waals surface area contributed by atoms with E-state index in [0.29, 0.717) is 37.0 Å². The number of rotatable bonds is 7. The van der Waals surface area contributed by atoms with Crippen LogP contribution < -0.4 is 14.2 Å². The number of carbonyl (C=O) groups excluding carboxylic acids is 1. The number of sulfone groups is 1. The Morgan fingerprint density at radius 2 is 1.86 bits per heavy atom. The van der Waals surface area contributed by atoms with Gasteiger partial charge in [0, 0.05) is 26.1 Å². The second-order valence-corrected chi connectivity index (χ2v) is 8.58. The summed E-state index contributed by atoms with van der Waals surface area (Å²) in [6, 6.07) is 11.9. The average molecular weight is 405 g/mol. The first-order valence-corrected chi connectivity index (χ1v) is 10.5. The van der Waals surface area contributed by atoms with Crippen molar-refractivity contribution in [1.82, 2.24) is 4.90 Å². The molecule has 0 saturated heterocycles. The average Bonchev–Trinajstić information content (AvgIpc) is 2.71. The van der Waals surface area contributed by atoms with Gasteiger partial charge in [0.2, 0.25) is 5.91 Å². The smallest absolute Gasteiger partial charge is 0.223 e. The Bertz CT molecular complexity index is 957. The summed E-state index contributed by atoms with van der Waals surface area (Å²) in [5.74, 6) is 1.13. The van der Waals surface area contributed by atoms with E-state index >= 15 is 0 Å². The molecule has 0 fully saturated rings. The van der Waals surface area contributed by atoms with E-state index in [1.807, 2.05) is 24.3 Å². The van der Waals surface area contributed by atoms with E-state index < -0.39 is 9.84 Å². The minimum Gasteiger partial charge on any atom is -0.497 e. The van der Waals surface area contributed by atoms with Crippen molar-refractivity contribution in [2.24, 2.45) is 0 Å². The molecule has 0 radical (unpaired) electrons. The number of carbonyl (C=O) groups is 1. The van der Waals surface area contributed by atoms with E-state index in [9.17, 15) is 13.2 Å². The molecule has 0 atom stereocenters. The van der Waals surface area contributed by atoms with E-state index in [4.69, 9.17) is 14.2 Å². The van der Waals surface area contributed by atoms with Crippen molar-refractivity contribution in [3.05, 3.63) is 48.0 Å². The van der Waals surface area contributed by atoms with Gasteiger partial charge >= 0.3 is 0 Å². The minimum absolute atomic E-state index is 0.1000. The van der Waals surface area contributed by atoms with Crippen molar-refractivity contribution in [3.8, 4) is 17.2 Å². The highest BCUT2D eigenvalue weighted by molar-refractivity contribution is 7.91. The lowest BCUT2D eigenvalue weighted by molar-refractivity contribution is -0.130. The van der Waals surface area contributed by atoms with Crippen LogP contribution in [0.1, 0.15) is 12.0 Å². The van der Waals surface area contributed by atoms with Gasteiger partial charge in [-0.1, -0.05) is 12.1 Å². The molecular weight excluding hydrogens is 382 g/mol. The van der Waals surface area contributed by atoms with Gasteiger partial charge < -0.3 is 19.1 Å². The Balaban J connectivity index is 1.61. The van der Waals surface area contributed by atoms with Gasteiger partial charge in [-0.25, -0.2) is 8.42 Å². The molecule has 2 aromatic carbocycles. The van der Waals surface area contributed by atoms with Gasteiger partial charge in [0.25, 0.3) is 0 Å². The number of methoxy groups -OCH3 is 1. The van der Waals surface area contributed by atoms with E-state index in [2.05, 4.69) is 0 Å². The Kier molecular flexibility index (Phi) is 6.08. The quantitative estimate of drug-likeness (QED) is 0.703. The second kappa shape index (κ2) is 8.52. The molecule has 0 aromatic heterocycles. The fourth-order valence-corrected chi connectivity index (χ4v) is 4.12. The highest BCUT2D eigenvalue weighted by atomic mass is 32.2. The van der Waals surface area contributed by atoms with E-state index in [1.165, 1.54) is 17.0 Å². The third kappa shape index (κ3) is 4.75. The number of nitrogens with zero attached hydrogens (tertiary/aromatic N) is 1. The number of hydrogen-bond donors (Lipinski definition) is 0. The van der Waals surface area contributed by atoms with Crippen LogP contribution in [0.25, 0.3) is 0 Å². The SMILES string of the molecule is COc1cccc(CN(C)C(=O)CCS(=O)(=O)c2ccc3c(c2)OCCO3)c1. The highest BCUT2D eigenvalue weighted by Crippen LogP contribution is 2.32. The number of benzene rings is 2. The van der Waals surface area contributed by atoms with Crippen molar-refractivity contribution < 1.29 is 27.4 Å². The summed E-state index contributed by atoms with van der Waals surface area (Å²) in [5.41, 5.74) is 0.907. The zero-order valence-corrected chi connectivity index (χ0v) is 16.7. The first-order chi connectivity index (χ1) is 13.4. The van der Waals surface area contributed by atoms with Gasteiger partial charge in [-0.2, -0.15) is 0 Å². The number of fused-ring (bicyclic) bond motifs is 1. The number of amides is 1. The summed E-state index contributed by atoms with van der Waals surface area (Å²) < 4.78 is 41.2. The fourth-order valence-electron chi connectivity index (χ4n) is 2.88. The van der Waals surface area contributed by atoms with Gasteiger partial charge in [-0.05, 0) is 29.8 Å². The minimum atomic E-state index is -3.61. The molecule has 1 aliphatic rings. The van der Waals surface area contributed by atoms with Crippen LogP contribution in [-0.2, 0) is 21.2 Å². The lowest BCUT2D eigenvalue weighted by atomic mass is 10.2.